The largest absolute Gasteiger partial charge is 0.384 e. The maximum absolute atomic E-state index is 13.1. The van der Waals surface area contributed by atoms with Crippen LogP contribution in [-0.4, -0.2) is 48.7 Å². The zero-order chi connectivity index (χ0) is 20.2. The van der Waals surface area contributed by atoms with Crippen LogP contribution in [-0.2, 0) is 25.2 Å². The summed E-state index contributed by atoms with van der Waals surface area (Å²) in [6.45, 7) is 0.103. The number of benzene rings is 1. The number of aliphatic hydroxyl groups is 1. The van der Waals surface area contributed by atoms with Gasteiger partial charge in [-0.15, -0.1) is 0 Å². The fourth-order valence-electron chi connectivity index (χ4n) is 3.48. The average molecular weight is 411 g/mol. The molecule has 2 aliphatic carbocycles. The second-order valence-electron chi connectivity index (χ2n) is 7.92. The van der Waals surface area contributed by atoms with Gasteiger partial charge in [0.15, 0.2) is 0 Å². The molecule has 2 atom stereocenters. The van der Waals surface area contributed by atoms with Gasteiger partial charge < -0.3 is 15.7 Å². The highest BCUT2D eigenvalue weighted by atomic mass is 32.2. The minimum absolute atomic E-state index is 0.0581. The van der Waals surface area contributed by atoms with Crippen molar-refractivity contribution in [1.29, 1.82) is 0 Å². The standard InChI is InChI=1S/C18H22FN3O5S/c19-12-3-1-11(2-4-12)18(25)9-14(20-10-18)15(23)21-17(7-8-17)16(24)22-28(26,27)13-5-6-13/h1-4,13-14,20,25H,5-10H2,(H,21,23)(H,22,24)/t14-,18-/m0/s1. The molecule has 4 rings (SSSR count). The second-order valence-corrected chi connectivity index (χ2v) is 9.88. The molecule has 3 aliphatic rings. The number of β-amino-alcohol motifs (C(OH)–C–C–N with tert-alkyl or cyclic N) is 1. The van der Waals surface area contributed by atoms with Crippen molar-refractivity contribution in [3.05, 3.63) is 35.6 Å². The SMILES string of the molecule is O=C(NC1(C(=O)NS(=O)(=O)C2CC2)CC1)[C@@H]1C[C@@](O)(c2ccc(F)cc2)CN1. The van der Waals surface area contributed by atoms with E-state index in [0.717, 1.165) is 0 Å². The number of halogens is 1. The molecule has 0 spiro atoms. The highest BCUT2D eigenvalue weighted by Crippen LogP contribution is 2.38. The third-order valence-electron chi connectivity index (χ3n) is 5.63. The molecule has 1 saturated heterocycles. The molecule has 3 fully saturated rings. The molecule has 0 aromatic heterocycles. The normalized spacial score (nSPS) is 28.6. The van der Waals surface area contributed by atoms with Crippen molar-refractivity contribution in [2.45, 2.75) is 54.5 Å². The lowest BCUT2D eigenvalue weighted by Gasteiger charge is -2.23. The van der Waals surface area contributed by atoms with Gasteiger partial charge in [0.1, 0.15) is 17.0 Å². The van der Waals surface area contributed by atoms with Crippen LogP contribution in [0.3, 0.4) is 0 Å². The molecular weight excluding hydrogens is 389 g/mol. The van der Waals surface area contributed by atoms with Crippen LogP contribution in [0.2, 0.25) is 0 Å². The van der Waals surface area contributed by atoms with Crippen LogP contribution >= 0.6 is 0 Å². The number of rotatable bonds is 6. The van der Waals surface area contributed by atoms with E-state index in [2.05, 4.69) is 15.4 Å². The highest BCUT2D eigenvalue weighted by molar-refractivity contribution is 7.90. The van der Waals surface area contributed by atoms with Gasteiger partial charge in [-0.2, -0.15) is 0 Å². The first-order valence-corrected chi connectivity index (χ1v) is 10.8. The molecule has 1 aliphatic heterocycles. The highest BCUT2D eigenvalue weighted by Gasteiger charge is 2.54. The predicted octanol–water partition coefficient (Wildman–Crippen LogP) is -0.368. The van der Waals surface area contributed by atoms with Crippen molar-refractivity contribution in [3.8, 4) is 0 Å². The van der Waals surface area contributed by atoms with Crippen molar-refractivity contribution in [3.63, 3.8) is 0 Å². The third kappa shape index (κ3) is 3.63. The van der Waals surface area contributed by atoms with E-state index in [1.165, 1.54) is 24.3 Å². The van der Waals surface area contributed by atoms with E-state index in [4.69, 9.17) is 0 Å². The minimum atomic E-state index is -3.68. The topological polar surface area (TPSA) is 125 Å². The summed E-state index contributed by atoms with van der Waals surface area (Å²) in [7, 11) is -3.68. The summed E-state index contributed by atoms with van der Waals surface area (Å²) in [5.74, 6) is -1.61. The fourth-order valence-corrected chi connectivity index (χ4v) is 4.86. The van der Waals surface area contributed by atoms with Crippen LogP contribution in [0.15, 0.2) is 24.3 Å². The van der Waals surface area contributed by atoms with Crippen molar-refractivity contribution < 1.29 is 27.5 Å². The molecular formula is C18H22FN3O5S. The smallest absolute Gasteiger partial charge is 0.259 e. The quantitative estimate of drug-likeness (QED) is 0.506. The number of sulfonamides is 1. The Morgan fingerprint density at radius 3 is 2.39 bits per heavy atom. The molecule has 0 unspecified atom stereocenters. The number of amides is 2. The van der Waals surface area contributed by atoms with Crippen LogP contribution in [0.25, 0.3) is 0 Å². The van der Waals surface area contributed by atoms with Crippen molar-refractivity contribution in [1.82, 2.24) is 15.4 Å². The molecule has 2 saturated carbocycles. The number of carbonyl (C=O) groups is 2. The molecule has 28 heavy (non-hydrogen) atoms. The molecule has 2 amide bonds. The predicted molar refractivity (Wildman–Crippen MR) is 96.9 cm³/mol. The van der Waals surface area contributed by atoms with Gasteiger partial charge >= 0.3 is 0 Å². The molecule has 10 heteroatoms. The summed E-state index contributed by atoms with van der Waals surface area (Å²) in [5.41, 5.74) is -2.05. The lowest BCUT2D eigenvalue weighted by molar-refractivity contribution is -0.130. The van der Waals surface area contributed by atoms with E-state index in [9.17, 15) is 27.5 Å². The van der Waals surface area contributed by atoms with Crippen LogP contribution in [0, 0.1) is 5.82 Å². The van der Waals surface area contributed by atoms with Gasteiger partial charge in [-0.05, 0) is 43.4 Å². The van der Waals surface area contributed by atoms with Crippen molar-refractivity contribution in [2.24, 2.45) is 0 Å². The van der Waals surface area contributed by atoms with E-state index in [1.54, 1.807) is 0 Å². The second kappa shape index (κ2) is 6.50. The summed E-state index contributed by atoms with van der Waals surface area (Å²) in [6.07, 6.45) is 1.85. The van der Waals surface area contributed by atoms with Crippen LogP contribution in [0.1, 0.15) is 37.7 Å². The Kier molecular flexibility index (Phi) is 4.48. The van der Waals surface area contributed by atoms with Gasteiger partial charge in [0.2, 0.25) is 15.9 Å². The van der Waals surface area contributed by atoms with Gasteiger partial charge in [0, 0.05) is 13.0 Å². The van der Waals surface area contributed by atoms with Gasteiger partial charge in [-0.3, -0.25) is 14.3 Å². The zero-order valence-corrected chi connectivity index (χ0v) is 15.9. The maximum atomic E-state index is 13.1. The van der Waals surface area contributed by atoms with E-state index < -0.39 is 50.1 Å². The Labute approximate surface area is 161 Å². The Morgan fingerprint density at radius 1 is 1.18 bits per heavy atom. The van der Waals surface area contributed by atoms with Crippen molar-refractivity contribution >= 4 is 21.8 Å². The number of hydrogen-bond donors (Lipinski definition) is 4. The maximum Gasteiger partial charge on any atom is 0.259 e. The first-order chi connectivity index (χ1) is 13.1. The van der Waals surface area contributed by atoms with E-state index in [1.807, 2.05) is 0 Å². The zero-order valence-electron chi connectivity index (χ0n) is 15.1. The first-order valence-electron chi connectivity index (χ1n) is 9.24. The Morgan fingerprint density at radius 2 is 1.82 bits per heavy atom. The van der Waals surface area contributed by atoms with E-state index >= 15 is 0 Å². The van der Waals surface area contributed by atoms with Gasteiger partial charge in [-0.1, -0.05) is 12.1 Å². The fraction of sp³-hybridized carbons (Fsp3) is 0.556. The van der Waals surface area contributed by atoms with Crippen LogP contribution in [0.5, 0.6) is 0 Å². The number of carbonyl (C=O) groups excluding carboxylic acids is 2. The van der Waals surface area contributed by atoms with Gasteiger partial charge in [0.05, 0.1) is 11.3 Å². The average Bonchev–Trinajstić information content (AvgIpc) is 3.54. The molecule has 1 heterocycles. The molecule has 8 nitrogen and oxygen atoms in total. The molecule has 1 aromatic rings. The Balaban J connectivity index is 1.39. The molecule has 0 radical (unpaired) electrons. The van der Waals surface area contributed by atoms with E-state index in [0.29, 0.717) is 31.2 Å². The summed E-state index contributed by atoms with van der Waals surface area (Å²) < 4.78 is 39.1. The number of hydrogen-bond acceptors (Lipinski definition) is 6. The monoisotopic (exact) mass is 411 g/mol. The van der Waals surface area contributed by atoms with Crippen LogP contribution < -0.4 is 15.4 Å². The molecule has 0 bridgehead atoms. The molecule has 152 valence electrons. The Bertz CT molecular complexity index is 912. The lowest BCUT2D eigenvalue weighted by Crippen LogP contribution is -2.54. The lowest BCUT2D eigenvalue weighted by atomic mass is 9.91. The van der Waals surface area contributed by atoms with E-state index in [-0.39, 0.29) is 13.0 Å². The number of nitrogens with one attached hydrogen (secondary N) is 3. The molecule has 4 N–H and O–H groups in total. The third-order valence-corrected chi connectivity index (χ3v) is 7.45. The summed E-state index contributed by atoms with van der Waals surface area (Å²) in [6, 6.07) is 4.67. The van der Waals surface area contributed by atoms with Gasteiger partial charge in [0.25, 0.3) is 5.91 Å². The first kappa shape index (κ1) is 19.3. The summed E-state index contributed by atoms with van der Waals surface area (Å²) >= 11 is 0. The summed E-state index contributed by atoms with van der Waals surface area (Å²) in [4.78, 5) is 25.0. The van der Waals surface area contributed by atoms with Crippen LogP contribution in [0.4, 0.5) is 4.39 Å². The van der Waals surface area contributed by atoms with Gasteiger partial charge in [-0.25, -0.2) is 12.8 Å². The summed E-state index contributed by atoms with van der Waals surface area (Å²) in [5, 5.41) is 15.8. The van der Waals surface area contributed by atoms with Crippen molar-refractivity contribution in [2.75, 3.05) is 6.54 Å². The Hall–Kier alpha value is -2.04. The molecule has 1 aromatic carbocycles. The minimum Gasteiger partial charge on any atom is -0.384 e.